The second-order valence-corrected chi connectivity index (χ2v) is 6.66. The molecule has 94 valence electrons. The van der Waals surface area contributed by atoms with Gasteiger partial charge in [-0.25, -0.2) is 0 Å². The summed E-state index contributed by atoms with van der Waals surface area (Å²) in [6.45, 7) is 1.70. The molecule has 2 heterocycles. The summed E-state index contributed by atoms with van der Waals surface area (Å²) in [6, 6.07) is 10.9. The molecule has 1 atom stereocenters. The number of hydrogen-bond donors (Lipinski definition) is 1. The molecule has 1 aromatic heterocycles. The molecule has 2 nitrogen and oxygen atoms in total. The number of ether oxygens (including phenoxy) is 1. The number of benzene rings is 1. The third kappa shape index (κ3) is 2.60. The third-order valence-corrected chi connectivity index (χ3v) is 4.69. The summed E-state index contributed by atoms with van der Waals surface area (Å²) in [7, 11) is 0. The minimum Gasteiger partial charge on any atom is -0.493 e. The van der Waals surface area contributed by atoms with Gasteiger partial charge in [-0.2, -0.15) is 0 Å². The van der Waals surface area contributed by atoms with E-state index < -0.39 is 0 Å². The van der Waals surface area contributed by atoms with Gasteiger partial charge in [0, 0.05) is 24.6 Å². The van der Waals surface area contributed by atoms with Crippen molar-refractivity contribution in [3.8, 4) is 5.75 Å². The fourth-order valence-corrected chi connectivity index (χ4v) is 3.44. The molecule has 1 aromatic carbocycles. The Morgan fingerprint density at radius 3 is 3.11 bits per heavy atom. The quantitative estimate of drug-likeness (QED) is 0.917. The van der Waals surface area contributed by atoms with E-state index in [1.165, 1.54) is 14.9 Å². The molecule has 0 bridgehead atoms. The smallest absolute Gasteiger partial charge is 0.124 e. The van der Waals surface area contributed by atoms with Crippen molar-refractivity contribution in [3.63, 3.8) is 0 Å². The minimum atomic E-state index is 0.397. The minimum absolute atomic E-state index is 0.397. The van der Waals surface area contributed by atoms with Crippen LogP contribution in [0.15, 0.2) is 39.5 Å². The molecular formula is C14H14BrNOS. The van der Waals surface area contributed by atoms with Crippen LogP contribution in [0.25, 0.3) is 0 Å². The van der Waals surface area contributed by atoms with E-state index in [0.29, 0.717) is 6.04 Å². The number of rotatable bonds is 3. The Labute approximate surface area is 119 Å². The van der Waals surface area contributed by atoms with Gasteiger partial charge in [0.05, 0.1) is 10.4 Å². The van der Waals surface area contributed by atoms with Crippen molar-refractivity contribution in [2.24, 2.45) is 0 Å². The standard InChI is InChI=1S/C14H14BrNOS/c15-14-7-10(9-18-14)8-16-12-5-6-17-13-4-2-1-3-11(12)13/h1-4,7,9,12,16H,5-6,8H2. The van der Waals surface area contributed by atoms with Crippen LogP contribution in [-0.2, 0) is 6.54 Å². The maximum absolute atomic E-state index is 5.66. The first-order valence-electron chi connectivity index (χ1n) is 6.01. The van der Waals surface area contributed by atoms with E-state index in [1.54, 1.807) is 11.3 Å². The molecule has 3 rings (SSSR count). The van der Waals surface area contributed by atoms with Crippen LogP contribution in [0, 0.1) is 0 Å². The highest BCUT2D eigenvalue weighted by Gasteiger charge is 2.20. The molecule has 1 aliphatic heterocycles. The van der Waals surface area contributed by atoms with Crippen LogP contribution in [0.4, 0.5) is 0 Å². The monoisotopic (exact) mass is 323 g/mol. The number of para-hydroxylation sites is 1. The molecule has 0 radical (unpaired) electrons. The van der Waals surface area contributed by atoms with Crippen molar-refractivity contribution in [2.75, 3.05) is 6.61 Å². The van der Waals surface area contributed by atoms with Gasteiger partial charge in [0.2, 0.25) is 0 Å². The molecule has 0 amide bonds. The summed E-state index contributed by atoms with van der Waals surface area (Å²) in [5.74, 6) is 1.02. The maximum Gasteiger partial charge on any atom is 0.124 e. The summed E-state index contributed by atoms with van der Waals surface area (Å²) in [6.07, 6.45) is 1.03. The van der Waals surface area contributed by atoms with Gasteiger partial charge in [-0.3, -0.25) is 0 Å². The molecule has 0 saturated heterocycles. The van der Waals surface area contributed by atoms with E-state index in [1.807, 2.05) is 12.1 Å². The lowest BCUT2D eigenvalue weighted by atomic mass is 10.0. The van der Waals surface area contributed by atoms with Crippen molar-refractivity contribution < 1.29 is 4.74 Å². The first-order chi connectivity index (χ1) is 8.83. The van der Waals surface area contributed by atoms with Crippen molar-refractivity contribution in [1.82, 2.24) is 5.32 Å². The molecule has 1 N–H and O–H groups in total. The van der Waals surface area contributed by atoms with Crippen molar-refractivity contribution in [2.45, 2.75) is 19.0 Å². The molecule has 18 heavy (non-hydrogen) atoms. The molecule has 4 heteroatoms. The van der Waals surface area contributed by atoms with E-state index in [4.69, 9.17) is 4.74 Å². The number of hydrogen-bond acceptors (Lipinski definition) is 3. The fraction of sp³-hybridized carbons (Fsp3) is 0.286. The summed E-state index contributed by atoms with van der Waals surface area (Å²) in [5, 5.41) is 5.80. The van der Waals surface area contributed by atoms with Crippen molar-refractivity contribution in [3.05, 3.63) is 50.6 Å². The summed E-state index contributed by atoms with van der Waals surface area (Å²) in [5.41, 5.74) is 2.61. The van der Waals surface area contributed by atoms with Gasteiger partial charge in [-0.1, -0.05) is 18.2 Å². The van der Waals surface area contributed by atoms with Crippen LogP contribution in [0.1, 0.15) is 23.6 Å². The number of halogens is 1. The Bertz CT molecular complexity index is 540. The molecule has 1 aliphatic rings. The van der Waals surface area contributed by atoms with Gasteiger partial charge in [0.25, 0.3) is 0 Å². The van der Waals surface area contributed by atoms with Gasteiger partial charge >= 0.3 is 0 Å². The number of nitrogens with one attached hydrogen (secondary N) is 1. The summed E-state index contributed by atoms with van der Waals surface area (Å²) >= 11 is 5.22. The highest BCUT2D eigenvalue weighted by atomic mass is 79.9. The second-order valence-electron chi connectivity index (χ2n) is 4.37. The van der Waals surface area contributed by atoms with Crippen LogP contribution in [0.2, 0.25) is 0 Å². The fourth-order valence-electron chi connectivity index (χ4n) is 2.23. The Balaban J connectivity index is 1.71. The van der Waals surface area contributed by atoms with Crippen molar-refractivity contribution in [1.29, 1.82) is 0 Å². The van der Waals surface area contributed by atoms with Crippen LogP contribution in [0.3, 0.4) is 0 Å². The van der Waals surface area contributed by atoms with Gasteiger partial charge < -0.3 is 10.1 Å². The molecular weight excluding hydrogens is 310 g/mol. The highest BCUT2D eigenvalue weighted by molar-refractivity contribution is 9.11. The Morgan fingerprint density at radius 1 is 1.39 bits per heavy atom. The van der Waals surface area contributed by atoms with Gasteiger partial charge in [0.15, 0.2) is 0 Å². The Hall–Kier alpha value is -0.840. The van der Waals surface area contributed by atoms with Gasteiger partial charge in [-0.05, 0) is 39.0 Å². The SMILES string of the molecule is Brc1cc(CNC2CCOc3ccccc32)cs1. The van der Waals surface area contributed by atoms with Crippen molar-refractivity contribution >= 4 is 27.3 Å². The molecule has 0 fully saturated rings. The van der Waals surface area contributed by atoms with Gasteiger partial charge in [0.1, 0.15) is 5.75 Å². The van der Waals surface area contributed by atoms with Crippen LogP contribution >= 0.6 is 27.3 Å². The molecule has 2 aromatic rings. The van der Waals surface area contributed by atoms with E-state index in [0.717, 1.165) is 25.3 Å². The summed E-state index contributed by atoms with van der Waals surface area (Å²) in [4.78, 5) is 0. The topological polar surface area (TPSA) is 21.3 Å². The lowest BCUT2D eigenvalue weighted by Gasteiger charge is -2.26. The average molecular weight is 324 g/mol. The predicted molar refractivity (Wildman–Crippen MR) is 78.2 cm³/mol. The number of fused-ring (bicyclic) bond motifs is 1. The largest absolute Gasteiger partial charge is 0.493 e. The zero-order valence-corrected chi connectivity index (χ0v) is 12.3. The molecule has 0 saturated carbocycles. The first kappa shape index (κ1) is 12.2. The average Bonchev–Trinajstić information content (AvgIpc) is 2.82. The lowest BCUT2D eigenvalue weighted by Crippen LogP contribution is -2.26. The van der Waals surface area contributed by atoms with Crippen LogP contribution in [-0.4, -0.2) is 6.61 Å². The number of thiophene rings is 1. The molecule has 1 unspecified atom stereocenters. The van der Waals surface area contributed by atoms with E-state index in [2.05, 4.69) is 44.8 Å². The Morgan fingerprint density at radius 2 is 2.28 bits per heavy atom. The van der Waals surface area contributed by atoms with E-state index in [-0.39, 0.29) is 0 Å². The normalized spacial score (nSPS) is 18.2. The van der Waals surface area contributed by atoms with E-state index in [9.17, 15) is 0 Å². The third-order valence-electron chi connectivity index (χ3n) is 3.13. The zero-order chi connectivity index (χ0) is 12.4. The summed E-state index contributed by atoms with van der Waals surface area (Å²) < 4.78 is 6.85. The second kappa shape index (κ2) is 5.43. The van der Waals surface area contributed by atoms with E-state index >= 15 is 0 Å². The van der Waals surface area contributed by atoms with Crippen LogP contribution in [0.5, 0.6) is 5.75 Å². The maximum atomic E-state index is 5.66. The molecule has 0 spiro atoms. The predicted octanol–water partition coefficient (Wildman–Crippen LogP) is 4.12. The zero-order valence-electron chi connectivity index (χ0n) is 9.86. The Kier molecular flexibility index (Phi) is 3.68. The molecule has 0 aliphatic carbocycles. The highest BCUT2D eigenvalue weighted by Crippen LogP contribution is 2.32. The lowest BCUT2D eigenvalue weighted by molar-refractivity contribution is 0.252. The van der Waals surface area contributed by atoms with Crippen LogP contribution < -0.4 is 10.1 Å². The first-order valence-corrected chi connectivity index (χ1v) is 7.68. The van der Waals surface area contributed by atoms with Gasteiger partial charge in [-0.15, -0.1) is 11.3 Å².